The van der Waals surface area contributed by atoms with Gasteiger partial charge in [0.2, 0.25) is 0 Å². The lowest BCUT2D eigenvalue weighted by Gasteiger charge is -2.13. The number of rotatable bonds is 2. The van der Waals surface area contributed by atoms with E-state index in [0.717, 1.165) is 33.3 Å². The summed E-state index contributed by atoms with van der Waals surface area (Å²) in [7, 11) is 0. The second-order valence-corrected chi connectivity index (χ2v) is 6.19. The number of aromatic amines is 2. The Morgan fingerprint density at radius 1 is 0.963 bits per heavy atom. The van der Waals surface area contributed by atoms with E-state index in [2.05, 4.69) is 25.1 Å². The van der Waals surface area contributed by atoms with Crippen LogP contribution in [0.15, 0.2) is 66.0 Å². The first-order valence-corrected chi connectivity index (χ1v) is 8.38. The number of aromatic nitrogens is 5. The zero-order valence-electron chi connectivity index (χ0n) is 14.1. The highest BCUT2D eigenvalue weighted by Crippen LogP contribution is 2.38. The molecule has 7 nitrogen and oxygen atoms in total. The summed E-state index contributed by atoms with van der Waals surface area (Å²) in [6.07, 6.45) is 4.84. The Labute approximate surface area is 152 Å². The maximum atomic E-state index is 12.6. The number of fused-ring (bicyclic) bond motifs is 2. The van der Waals surface area contributed by atoms with E-state index in [1.54, 1.807) is 12.4 Å². The Hall–Kier alpha value is -4.00. The fraction of sp³-hybridized carbons (Fsp3) is 0. The Bertz CT molecular complexity index is 1350. The molecule has 0 atom stereocenters. The molecule has 5 aromatic rings. The van der Waals surface area contributed by atoms with Crippen LogP contribution in [0.25, 0.3) is 44.2 Å². The minimum absolute atomic E-state index is 0.282. The van der Waals surface area contributed by atoms with Gasteiger partial charge in [-0.25, -0.2) is 4.98 Å². The number of pyridine rings is 1. The minimum atomic E-state index is -0.282. The minimum Gasteiger partial charge on any atom is -0.398 e. The van der Waals surface area contributed by atoms with E-state index in [1.165, 1.54) is 6.33 Å². The molecule has 2 aromatic carbocycles. The van der Waals surface area contributed by atoms with Crippen molar-refractivity contribution < 1.29 is 0 Å². The van der Waals surface area contributed by atoms with Crippen LogP contribution in [0, 0.1) is 0 Å². The van der Waals surface area contributed by atoms with Gasteiger partial charge < -0.3 is 10.7 Å². The van der Waals surface area contributed by atoms with Crippen molar-refractivity contribution in [1.29, 1.82) is 0 Å². The quantitative estimate of drug-likeness (QED) is 0.422. The number of nitrogens with zero attached hydrogens (tertiary/aromatic N) is 3. The summed E-state index contributed by atoms with van der Waals surface area (Å²) < 4.78 is 0. The van der Waals surface area contributed by atoms with E-state index in [-0.39, 0.29) is 5.56 Å². The number of hydrogen-bond acceptors (Lipinski definition) is 5. The molecule has 5 rings (SSSR count). The summed E-state index contributed by atoms with van der Waals surface area (Å²) in [5.74, 6) is 0. The number of nitrogens with one attached hydrogen (secondary N) is 2. The number of hydrogen-bond donors (Lipinski definition) is 3. The van der Waals surface area contributed by atoms with E-state index in [1.807, 2.05) is 42.5 Å². The lowest BCUT2D eigenvalue weighted by molar-refractivity contribution is 1.12. The molecule has 3 aromatic heterocycles. The van der Waals surface area contributed by atoms with Gasteiger partial charge in [0.25, 0.3) is 5.56 Å². The van der Waals surface area contributed by atoms with Gasteiger partial charge in [-0.15, -0.1) is 0 Å². The molecular weight excluding hydrogens is 340 g/mol. The SMILES string of the molecule is Nc1c(-c2cccc3[nH]ncc23)cc(-c2ccccn2)c2nc[nH]c(=O)c12. The molecule has 27 heavy (non-hydrogen) atoms. The molecular formula is C20H14N6O. The van der Waals surface area contributed by atoms with E-state index < -0.39 is 0 Å². The van der Waals surface area contributed by atoms with Crippen molar-refractivity contribution in [3.8, 4) is 22.4 Å². The van der Waals surface area contributed by atoms with Crippen LogP contribution in [0.5, 0.6) is 0 Å². The average molecular weight is 354 g/mol. The molecule has 0 spiro atoms. The maximum absolute atomic E-state index is 12.6. The van der Waals surface area contributed by atoms with Crippen LogP contribution in [0.3, 0.4) is 0 Å². The zero-order chi connectivity index (χ0) is 18.4. The van der Waals surface area contributed by atoms with Gasteiger partial charge in [-0.2, -0.15) is 5.10 Å². The third-order valence-electron chi connectivity index (χ3n) is 4.67. The Morgan fingerprint density at radius 3 is 2.74 bits per heavy atom. The molecule has 0 saturated carbocycles. The summed E-state index contributed by atoms with van der Waals surface area (Å²) in [5, 5.41) is 8.36. The Morgan fingerprint density at radius 2 is 1.89 bits per heavy atom. The molecule has 0 unspecified atom stereocenters. The monoisotopic (exact) mass is 354 g/mol. The molecule has 0 fully saturated rings. The predicted molar refractivity (Wildman–Crippen MR) is 105 cm³/mol. The number of H-pyrrole nitrogens is 2. The van der Waals surface area contributed by atoms with Gasteiger partial charge in [0.15, 0.2) is 0 Å². The van der Waals surface area contributed by atoms with Gasteiger partial charge in [-0.1, -0.05) is 18.2 Å². The third kappa shape index (κ3) is 2.29. The van der Waals surface area contributed by atoms with E-state index in [9.17, 15) is 4.79 Å². The second-order valence-electron chi connectivity index (χ2n) is 6.19. The van der Waals surface area contributed by atoms with Crippen molar-refractivity contribution in [2.45, 2.75) is 0 Å². The molecule has 0 amide bonds. The van der Waals surface area contributed by atoms with Crippen LogP contribution >= 0.6 is 0 Å². The Kier molecular flexibility index (Phi) is 3.26. The van der Waals surface area contributed by atoms with Crippen molar-refractivity contribution in [2.75, 3.05) is 5.73 Å². The molecule has 0 aliphatic heterocycles. The number of anilines is 1. The lowest BCUT2D eigenvalue weighted by Crippen LogP contribution is -2.10. The maximum Gasteiger partial charge on any atom is 0.260 e. The summed E-state index contributed by atoms with van der Waals surface area (Å²) in [4.78, 5) is 24.0. The van der Waals surface area contributed by atoms with Crippen molar-refractivity contribution in [2.24, 2.45) is 0 Å². The summed E-state index contributed by atoms with van der Waals surface area (Å²) in [6.45, 7) is 0. The highest BCUT2D eigenvalue weighted by molar-refractivity contribution is 6.09. The van der Waals surface area contributed by atoms with Gasteiger partial charge >= 0.3 is 0 Å². The van der Waals surface area contributed by atoms with Crippen molar-refractivity contribution in [1.82, 2.24) is 25.1 Å². The van der Waals surface area contributed by atoms with Crippen LogP contribution in [-0.2, 0) is 0 Å². The molecule has 7 heteroatoms. The average Bonchev–Trinajstić information content (AvgIpc) is 3.18. The van der Waals surface area contributed by atoms with Gasteiger partial charge in [-0.3, -0.25) is 14.9 Å². The smallest absolute Gasteiger partial charge is 0.260 e. The molecule has 0 bridgehead atoms. The third-order valence-corrected chi connectivity index (χ3v) is 4.67. The van der Waals surface area contributed by atoms with Gasteiger partial charge in [0.05, 0.1) is 40.3 Å². The summed E-state index contributed by atoms with van der Waals surface area (Å²) >= 11 is 0. The van der Waals surface area contributed by atoms with Gasteiger partial charge in [0.1, 0.15) is 0 Å². The molecule has 0 aliphatic carbocycles. The second kappa shape index (κ2) is 5.77. The van der Waals surface area contributed by atoms with E-state index >= 15 is 0 Å². The fourth-order valence-electron chi connectivity index (χ4n) is 3.42. The first-order chi connectivity index (χ1) is 13.2. The van der Waals surface area contributed by atoms with Crippen LogP contribution in [-0.4, -0.2) is 25.1 Å². The lowest BCUT2D eigenvalue weighted by atomic mass is 9.94. The van der Waals surface area contributed by atoms with Crippen molar-refractivity contribution in [3.05, 3.63) is 71.5 Å². The highest BCUT2D eigenvalue weighted by atomic mass is 16.1. The normalized spacial score (nSPS) is 11.3. The van der Waals surface area contributed by atoms with E-state index in [0.29, 0.717) is 16.6 Å². The van der Waals surface area contributed by atoms with Crippen molar-refractivity contribution >= 4 is 27.5 Å². The topological polar surface area (TPSA) is 113 Å². The van der Waals surface area contributed by atoms with Crippen LogP contribution in [0.2, 0.25) is 0 Å². The zero-order valence-corrected chi connectivity index (χ0v) is 14.1. The summed E-state index contributed by atoms with van der Waals surface area (Å²) in [5.41, 5.74) is 11.1. The predicted octanol–water partition coefficient (Wildman–Crippen LogP) is 3.11. The molecule has 3 heterocycles. The molecule has 0 radical (unpaired) electrons. The molecule has 4 N–H and O–H groups in total. The number of nitrogens with two attached hydrogens (primary N) is 1. The molecule has 0 saturated heterocycles. The van der Waals surface area contributed by atoms with E-state index in [4.69, 9.17) is 5.73 Å². The first-order valence-electron chi connectivity index (χ1n) is 8.38. The molecule has 0 aliphatic rings. The van der Waals surface area contributed by atoms with Crippen LogP contribution in [0.4, 0.5) is 5.69 Å². The number of benzene rings is 2. The number of nitrogen functional groups attached to an aromatic ring is 1. The van der Waals surface area contributed by atoms with Crippen LogP contribution in [0.1, 0.15) is 0 Å². The largest absolute Gasteiger partial charge is 0.398 e. The summed E-state index contributed by atoms with van der Waals surface area (Å²) in [6, 6.07) is 13.4. The van der Waals surface area contributed by atoms with Crippen LogP contribution < -0.4 is 11.3 Å². The fourth-order valence-corrected chi connectivity index (χ4v) is 3.42. The highest BCUT2D eigenvalue weighted by Gasteiger charge is 2.18. The van der Waals surface area contributed by atoms with Crippen molar-refractivity contribution in [3.63, 3.8) is 0 Å². The van der Waals surface area contributed by atoms with Gasteiger partial charge in [-0.05, 0) is 29.8 Å². The standard InChI is InChI=1S/C20H14N6O/c21-18-12(11-4-3-6-16-14(11)9-25-26-16)8-13(15-5-1-2-7-22-15)19-17(18)20(27)24-10-23-19/h1-10H,21H2,(H,25,26)(H,23,24,27). The molecule has 130 valence electrons. The first kappa shape index (κ1) is 15.3. The van der Waals surface area contributed by atoms with Gasteiger partial charge in [0, 0.05) is 22.7 Å². The Balaban J connectivity index is 1.95.